The maximum absolute atomic E-state index is 12.1. The number of nitro groups is 1. The van der Waals surface area contributed by atoms with Crippen molar-refractivity contribution in [3.8, 4) is 0 Å². The van der Waals surface area contributed by atoms with Crippen LogP contribution in [0.3, 0.4) is 0 Å². The molecule has 0 aliphatic heterocycles. The Balaban J connectivity index is 2.07. The molecule has 1 amide bonds. The van der Waals surface area contributed by atoms with E-state index in [1.54, 1.807) is 19.1 Å². The van der Waals surface area contributed by atoms with Gasteiger partial charge < -0.3 is 5.32 Å². The average Bonchev–Trinajstić information content (AvgIpc) is 2.48. The summed E-state index contributed by atoms with van der Waals surface area (Å²) in [6.07, 6.45) is 0. The molecule has 0 aliphatic rings. The number of carbonyl (C=O) groups excluding carboxylic acids is 1. The van der Waals surface area contributed by atoms with Crippen molar-refractivity contribution in [3.05, 3.63) is 63.2 Å². The zero-order chi connectivity index (χ0) is 17.0. The first-order chi connectivity index (χ1) is 10.9. The lowest BCUT2D eigenvalue weighted by Crippen LogP contribution is -2.16. The van der Waals surface area contributed by atoms with Gasteiger partial charge in [0.2, 0.25) is 5.91 Å². The van der Waals surface area contributed by atoms with Gasteiger partial charge in [-0.25, -0.2) is 0 Å². The minimum atomic E-state index is -0.486. The van der Waals surface area contributed by atoms with Gasteiger partial charge in [-0.3, -0.25) is 14.9 Å². The molecule has 0 radical (unpaired) electrons. The molecule has 1 N–H and O–H groups in total. The van der Waals surface area contributed by atoms with Crippen LogP contribution in [0.1, 0.15) is 16.7 Å². The van der Waals surface area contributed by atoms with Gasteiger partial charge in [0.05, 0.1) is 10.7 Å². The summed E-state index contributed by atoms with van der Waals surface area (Å²) >= 11 is 1.42. The summed E-state index contributed by atoms with van der Waals surface area (Å²) in [5.74, 6) is -0.0533. The molecule has 0 spiro atoms. The summed E-state index contributed by atoms with van der Waals surface area (Å²) in [5.41, 5.74) is 3.14. The van der Waals surface area contributed by atoms with Crippen molar-refractivity contribution in [2.24, 2.45) is 0 Å². The number of carbonyl (C=O) groups is 1. The molecule has 5 nitrogen and oxygen atoms in total. The Morgan fingerprint density at radius 3 is 2.57 bits per heavy atom. The van der Waals surface area contributed by atoms with Gasteiger partial charge in [-0.1, -0.05) is 29.8 Å². The number of hydrogen-bond acceptors (Lipinski definition) is 4. The van der Waals surface area contributed by atoms with Gasteiger partial charge in [-0.2, -0.15) is 0 Å². The predicted octanol–water partition coefficient (Wildman–Crippen LogP) is 4.25. The molecule has 2 aromatic carbocycles. The highest BCUT2D eigenvalue weighted by atomic mass is 32.2. The second kappa shape index (κ2) is 7.28. The van der Waals surface area contributed by atoms with E-state index < -0.39 is 4.92 Å². The molecule has 0 heterocycles. The highest BCUT2D eigenvalue weighted by Crippen LogP contribution is 2.28. The monoisotopic (exact) mass is 330 g/mol. The van der Waals surface area contributed by atoms with Crippen molar-refractivity contribution < 1.29 is 9.72 Å². The zero-order valence-electron chi connectivity index (χ0n) is 13.3. The third-order valence-corrected chi connectivity index (χ3v) is 4.58. The van der Waals surface area contributed by atoms with Gasteiger partial charge in [0, 0.05) is 11.0 Å². The normalized spacial score (nSPS) is 10.4. The van der Waals surface area contributed by atoms with Crippen LogP contribution in [0.2, 0.25) is 0 Å². The summed E-state index contributed by atoms with van der Waals surface area (Å²) in [7, 11) is 0. The largest absolute Gasteiger partial charge is 0.319 e. The van der Waals surface area contributed by atoms with Crippen molar-refractivity contribution in [3.63, 3.8) is 0 Å². The quantitative estimate of drug-likeness (QED) is 0.505. The van der Waals surface area contributed by atoms with Gasteiger partial charge in [0.25, 0.3) is 5.69 Å². The molecule has 0 saturated heterocycles. The first kappa shape index (κ1) is 17.0. The number of anilines is 1. The Morgan fingerprint density at radius 2 is 1.91 bits per heavy atom. The van der Waals surface area contributed by atoms with Crippen LogP contribution in [0, 0.1) is 30.9 Å². The number of benzene rings is 2. The van der Waals surface area contributed by atoms with E-state index in [0.29, 0.717) is 5.56 Å². The topological polar surface area (TPSA) is 72.2 Å². The van der Waals surface area contributed by atoms with Crippen LogP contribution in [0.5, 0.6) is 0 Å². The summed E-state index contributed by atoms with van der Waals surface area (Å²) in [6, 6.07) is 10.8. The third-order valence-electron chi connectivity index (χ3n) is 3.40. The minimum absolute atomic E-state index is 0.0881. The Kier molecular flexibility index (Phi) is 5.39. The van der Waals surface area contributed by atoms with Gasteiger partial charge in [-0.05, 0) is 38.0 Å². The number of para-hydroxylation sites is 1. The van der Waals surface area contributed by atoms with E-state index in [0.717, 1.165) is 10.5 Å². The Labute approximate surface area is 139 Å². The Hall–Kier alpha value is -2.34. The van der Waals surface area contributed by atoms with Crippen LogP contribution in [-0.4, -0.2) is 16.6 Å². The van der Waals surface area contributed by atoms with Crippen molar-refractivity contribution in [2.75, 3.05) is 11.1 Å². The molecule has 120 valence electrons. The van der Waals surface area contributed by atoms with Gasteiger partial charge in [0.15, 0.2) is 0 Å². The van der Waals surface area contributed by atoms with E-state index in [1.165, 1.54) is 23.4 Å². The second-order valence-electron chi connectivity index (χ2n) is 5.33. The summed E-state index contributed by atoms with van der Waals surface area (Å²) < 4.78 is 0. The first-order valence-electron chi connectivity index (χ1n) is 7.12. The molecular weight excluding hydrogens is 312 g/mol. The summed E-state index contributed by atoms with van der Waals surface area (Å²) in [5, 5.41) is 13.7. The summed E-state index contributed by atoms with van der Waals surface area (Å²) in [6.45, 7) is 5.75. The molecule has 2 aromatic rings. The number of nitrogens with zero attached hydrogens (tertiary/aromatic N) is 1. The van der Waals surface area contributed by atoms with Crippen LogP contribution in [0.25, 0.3) is 0 Å². The average molecular weight is 330 g/mol. The first-order valence-corrected chi connectivity index (χ1v) is 8.11. The van der Waals surface area contributed by atoms with Crippen molar-refractivity contribution in [1.29, 1.82) is 0 Å². The van der Waals surface area contributed by atoms with E-state index in [2.05, 4.69) is 11.4 Å². The number of hydrogen-bond donors (Lipinski definition) is 1. The highest BCUT2D eigenvalue weighted by molar-refractivity contribution is 8.00. The SMILES string of the molecule is Cc1ccc(SCC(=O)Nc2c(C)cccc2[N+](=O)[O-])c(C)c1. The molecule has 6 heteroatoms. The van der Waals surface area contributed by atoms with Crippen molar-refractivity contribution in [2.45, 2.75) is 25.7 Å². The van der Waals surface area contributed by atoms with Crippen molar-refractivity contribution in [1.82, 2.24) is 0 Å². The molecule has 0 atom stereocenters. The van der Waals surface area contributed by atoms with Gasteiger partial charge in [-0.15, -0.1) is 11.8 Å². The fourth-order valence-corrected chi connectivity index (χ4v) is 3.06. The third kappa shape index (κ3) is 4.32. The van der Waals surface area contributed by atoms with Crippen LogP contribution >= 0.6 is 11.8 Å². The molecular formula is C17H18N2O3S. The maximum atomic E-state index is 12.1. The molecule has 0 fully saturated rings. The number of aryl methyl sites for hydroxylation is 3. The Morgan fingerprint density at radius 1 is 1.17 bits per heavy atom. The van der Waals surface area contributed by atoms with Crippen LogP contribution in [-0.2, 0) is 4.79 Å². The van der Waals surface area contributed by atoms with E-state index in [-0.39, 0.29) is 23.0 Å². The lowest BCUT2D eigenvalue weighted by atomic mass is 10.1. The highest BCUT2D eigenvalue weighted by Gasteiger charge is 2.17. The minimum Gasteiger partial charge on any atom is -0.319 e. The number of thioether (sulfide) groups is 1. The number of nitrogens with one attached hydrogen (secondary N) is 1. The maximum Gasteiger partial charge on any atom is 0.293 e. The van der Waals surface area contributed by atoms with Crippen LogP contribution in [0.4, 0.5) is 11.4 Å². The molecule has 2 rings (SSSR count). The molecule has 0 aliphatic carbocycles. The summed E-state index contributed by atoms with van der Waals surface area (Å²) in [4.78, 5) is 23.7. The van der Waals surface area contributed by atoms with E-state index >= 15 is 0 Å². The number of rotatable bonds is 5. The predicted molar refractivity (Wildman–Crippen MR) is 93.1 cm³/mol. The molecule has 23 heavy (non-hydrogen) atoms. The lowest BCUT2D eigenvalue weighted by Gasteiger charge is -2.10. The van der Waals surface area contributed by atoms with Crippen LogP contribution in [0.15, 0.2) is 41.3 Å². The molecule has 0 aromatic heterocycles. The molecule has 0 unspecified atom stereocenters. The van der Waals surface area contributed by atoms with Gasteiger partial charge in [0.1, 0.15) is 5.69 Å². The fourth-order valence-electron chi connectivity index (χ4n) is 2.25. The molecule has 0 saturated carbocycles. The zero-order valence-corrected chi connectivity index (χ0v) is 14.1. The second-order valence-corrected chi connectivity index (χ2v) is 6.35. The fraction of sp³-hybridized carbons (Fsp3) is 0.235. The standard InChI is InChI=1S/C17H18N2O3S/c1-11-7-8-15(13(3)9-11)23-10-16(20)18-17-12(2)5-4-6-14(17)19(21)22/h4-9H,10H2,1-3H3,(H,18,20). The number of amides is 1. The smallest absolute Gasteiger partial charge is 0.293 e. The van der Waals surface area contributed by atoms with Gasteiger partial charge >= 0.3 is 0 Å². The van der Waals surface area contributed by atoms with E-state index in [1.807, 2.05) is 26.0 Å². The van der Waals surface area contributed by atoms with E-state index in [4.69, 9.17) is 0 Å². The molecule has 0 bridgehead atoms. The van der Waals surface area contributed by atoms with Crippen LogP contribution < -0.4 is 5.32 Å². The number of nitro benzene ring substituents is 1. The lowest BCUT2D eigenvalue weighted by molar-refractivity contribution is -0.384. The van der Waals surface area contributed by atoms with Crippen molar-refractivity contribution >= 4 is 29.0 Å². The Bertz CT molecular complexity index is 759. The van der Waals surface area contributed by atoms with E-state index in [9.17, 15) is 14.9 Å².